The van der Waals surface area contributed by atoms with Crippen molar-refractivity contribution < 1.29 is 12.8 Å². The second-order valence-electron chi connectivity index (χ2n) is 9.00. The van der Waals surface area contributed by atoms with Gasteiger partial charge in [-0.3, -0.25) is 9.89 Å². The van der Waals surface area contributed by atoms with Gasteiger partial charge < -0.3 is 10.2 Å². The molecule has 1 saturated heterocycles. The number of fused-ring (bicyclic) bond motifs is 1. The van der Waals surface area contributed by atoms with Crippen molar-refractivity contribution in [2.24, 2.45) is 4.99 Å². The first-order valence-corrected chi connectivity index (χ1v) is 13.9. The number of hydrogen-bond donors (Lipinski definition) is 1. The summed E-state index contributed by atoms with van der Waals surface area (Å²) in [5.41, 5.74) is 1.10. The lowest BCUT2D eigenvalue weighted by molar-refractivity contribution is 0.116. The molecule has 1 aliphatic heterocycles. The van der Waals surface area contributed by atoms with Crippen molar-refractivity contribution in [3.63, 3.8) is 0 Å². The lowest BCUT2D eigenvalue weighted by Crippen LogP contribution is -2.48. The molecule has 8 nitrogen and oxygen atoms in total. The highest BCUT2D eigenvalue weighted by molar-refractivity contribution is 7.92. The van der Waals surface area contributed by atoms with Crippen LogP contribution in [-0.2, 0) is 9.84 Å². The number of rotatable bonds is 9. The normalized spacial score (nSPS) is 16.6. The molecular weight excluding hydrogens is 503 g/mol. The molecule has 3 aromatic rings. The summed E-state index contributed by atoms with van der Waals surface area (Å²) in [6, 6.07) is 9.34. The van der Waals surface area contributed by atoms with Crippen LogP contribution in [0.15, 0.2) is 52.6 Å². The van der Waals surface area contributed by atoms with Crippen LogP contribution in [0.3, 0.4) is 0 Å². The quantitative estimate of drug-likeness (QED) is 0.416. The smallest absolute Gasteiger partial charge is 0.183 e. The molecular formula is C25H30ClFN6O2S. The molecule has 0 aliphatic carbocycles. The van der Waals surface area contributed by atoms with Gasteiger partial charge in [-0.2, -0.15) is 0 Å². The molecule has 192 valence electrons. The zero-order chi connectivity index (χ0) is 25.7. The van der Waals surface area contributed by atoms with Crippen LogP contribution >= 0.6 is 11.6 Å². The predicted octanol–water partition coefficient (Wildman–Crippen LogP) is 4.04. The van der Waals surface area contributed by atoms with Crippen LogP contribution in [0.5, 0.6) is 0 Å². The zero-order valence-electron chi connectivity index (χ0n) is 20.4. The maximum atomic E-state index is 13.5. The molecule has 0 spiro atoms. The SMILES string of the molecule is CC(CCN=CCS(=O)(=O)c1ccc2ncnc(Nc3ccc(F)c(Cl)c3)c2c1)N1CCN(C)CC1. The summed E-state index contributed by atoms with van der Waals surface area (Å²) < 4.78 is 39.5. The van der Waals surface area contributed by atoms with Gasteiger partial charge in [0, 0.05) is 56.1 Å². The number of nitrogens with zero attached hydrogens (tertiary/aromatic N) is 5. The molecule has 36 heavy (non-hydrogen) atoms. The van der Waals surface area contributed by atoms with Gasteiger partial charge in [0.2, 0.25) is 0 Å². The van der Waals surface area contributed by atoms with Crippen LogP contribution in [0.4, 0.5) is 15.9 Å². The molecule has 2 heterocycles. The van der Waals surface area contributed by atoms with Crippen LogP contribution < -0.4 is 5.32 Å². The van der Waals surface area contributed by atoms with E-state index in [1.165, 1.54) is 36.8 Å². The number of anilines is 2. The number of likely N-dealkylation sites (N-methyl/N-ethyl adjacent to an activating group) is 1. The number of aromatic nitrogens is 2. The van der Waals surface area contributed by atoms with Gasteiger partial charge in [-0.25, -0.2) is 22.8 Å². The van der Waals surface area contributed by atoms with Gasteiger partial charge in [0.05, 0.1) is 21.2 Å². The van der Waals surface area contributed by atoms with Gasteiger partial charge in [-0.1, -0.05) is 11.6 Å². The van der Waals surface area contributed by atoms with Gasteiger partial charge in [0.1, 0.15) is 18.0 Å². The van der Waals surface area contributed by atoms with Gasteiger partial charge in [-0.05, 0) is 56.8 Å². The zero-order valence-corrected chi connectivity index (χ0v) is 21.9. The Bertz CT molecular complexity index is 1350. The highest BCUT2D eigenvalue weighted by Gasteiger charge is 2.19. The Hall–Kier alpha value is -2.66. The van der Waals surface area contributed by atoms with Crippen molar-refractivity contribution in [1.82, 2.24) is 19.8 Å². The predicted molar refractivity (Wildman–Crippen MR) is 143 cm³/mol. The van der Waals surface area contributed by atoms with Crippen molar-refractivity contribution in [2.45, 2.75) is 24.3 Å². The summed E-state index contributed by atoms with van der Waals surface area (Å²) in [5.74, 6) is -0.323. The number of nitrogens with one attached hydrogen (secondary N) is 1. The lowest BCUT2D eigenvalue weighted by Gasteiger charge is -2.36. The maximum absolute atomic E-state index is 13.5. The Morgan fingerprint density at radius 3 is 2.69 bits per heavy atom. The van der Waals surface area contributed by atoms with E-state index < -0.39 is 15.7 Å². The molecule has 0 saturated carbocycles. The molecule has 1 atom stereocenters. The highest BCUT2D eigenvalue weighted by Crippen LogP contribution is 2.27. The van der Waals surface area contributed by atoms with Crippen LogP contribution in [0.1, 0.15) is 13.3 Å². The van der Waals surface area contributed by atoms with E-state index in [1.54, 1.807) is 12.1 Å². The van der Waals surface area contributed by atoms with Gasteiger partial charge >= 0.3 is 0 Å². The maximum Gasteiger partial charge on any atom is 0.183 e. The molecule has 0 radical (unpaired) electrons. The minimum Gasteiger partial charge on any atom is -0.340 e. The Morgan fingerprint density at radius 2 is 1.94 bits per heavy atom. The fourth-order valence-corrected chi connectivity index (χ4v) is 5.33. The third-order valence-corrected chi connectivity index (χ3v) is 8.26. The topological polar surface area (TPSA) is 90.8 Å². The third-order valence-electron chi connectivity index (χ3n) is 6.41. The van der Waals surface area contributed by atoms with Crippen molar-refractivity contribution >= 4 is 50.1 Å². The average Bonchev–Trinajstić information content (AvgIpc) is 2.86. The first-order valence-electron chi connectivity index (χ1n) is 11.8. The summed E-state index contributed by atoms with van der Waals surface area (Å²) in [6.45, 7) is 7.01. The average molecular weight is 533 g/mol. The summed E-state index contributed by atoms with van der Waals surface area (Å²) in [6.07, 6.45) is 3.74. The van der Waals surface area contributed by atoms with Gasteiger partial charge in [-0.15, -0.1) is 0 Å². The van der Waals surface area contributed by atoms with Crippen molar-refractivity contribution in [3.05, 3.63) is 53.6 Å². The Labute approximate surface area is 216 Å². The number of halogens is 2. The molecule has 11 heteroatoms. The fourth-order valence-electron chi connectivity index (χ4n) is 4.08. The van der Waals surface area contributed by atoms with E-state index in [0.717, 1.165) is 32.6 Å². The van der Waals surface area contributed by atoms with E-state index in [-0.39, 0.29) is 15.7 Å². The van der Waals surface area contributed by atoms with E-state index in [2.05, 4.69) is 44.0 Å². The molecule has 1 N–H and O–H groups in total. The van der Waals surface area contributed by atoms with Crippen LogP contribution in [-0.4, -0.2) is 86.0 Å². The Kier molecular flexibility index (Phi) is 8.50. The molecule has 0 amide bonds. The second-order valence-corrected chi connectivity index (χ2v) is 11.4. The van der Waals surface area contributed by atoms with Crippen LogP contribution in [0, 0.1) is 5.82 Å². The largest absolute Gasteiger partial charge is 0.340 e. The molecule has 1 unspecified atom stereocenters. The third kappa shape index (κ3) is 6.56. The molecule has 4 rings (SSSR count). The first kappa shape index (κ1) is 26.4. The van der Waals surface area contributed by atoms with E-state index >= 15 is 0 Å². The second kappa shape index (κ2) is 11.6. The number of aliphatic imine (C=N–C) groups is 1. The molecule has 1 fully saturated rings. The minimum atomic E-state index is -3.60. The Balaban J connectivity index is 1.41. The van der Waals surface area contributed by atoms with Crippen molar-refractivity contribution in [2.75, 3.05) is 50.8 Å². The monoisotopic (exact) mass is 532 g/mol. The minimum absolute atomic E-state index is 0.0289. The lowest BCUT2D eigenvalue weighted by atomic mass is 10.2. The van der Waals surface area contributed by atoms with E-state index in [4.69, 9.17) is 11.6 Å². The van der Waals surface area contributed by atoms with Crippen molar-refractivity contribution in [1.29, 1.82) is 0 Å². The first-order chi connectivity index (χ1) is 17.2. The van der Waals surface area contributed by atoms with Crippen LogP contribution in [0.25, 0.3) is 10.9 Å². The standard InChI is InChI=1S/C25H30ClFN6O2S/c1-18(33-12-10-32(2)11-13-33)7-8-28-9-14-36(34,35)20-4-6-24-21(16-20)25(30-17-29-24)31-19-3-5-23(27)22(26)15-19/h3-6,9,15-18H,7-8,10-14H2,1-2H3,(H,29,30,31). The van der Waals surface area contributed by atoms with E-state index in [1.807, 2.05) is 0 Å². The van der Waals surface area contributed by atoms with E-state index in [9.17, 15) is 12.8 Å². The summed E-state index contributed by atoms with van der Waals surface area (Å²) in [7, 11) is -1.47. The van der Waals surface area contributed by atoms with Crippen LogP contribution in [0.2, 0.25) is 5.02 Å². The fraction of sp³-hybridized carbons (Fsp3) is 0.400. The molecule has 1 aliphatic rings. The molecule has 2 aromatic carbocycles. The number of benzene rings is 2. The number of hydrogen-bond acceptors (Lipinski definition) is 8. The van der Waals surface area contributed by atoms with Gasteiger partial charge in [0.25, 0.3) is 0 Å². The Morgan fingerprint density at radius 1 is 1.17 bits per heavy atom. The molecule has 0 bridgehead atoms. The number of piperazine rings is 1. The van der Waals surface area contributed by atoms with Gasteiger partial charge in [0.15, 0.2) is 9.84 Å². The summed E-state index contributed by atoms with van der Waals surface area (Å²) in [4.78, 5) is 17.7. The number of sulfone groups is 1. The molecule has 1 aromatic heterocycles. The summed E-state index contributed by atoms with van der Waals surface area (Å²) >= 11 is 5.87. The highest BCUT2D eigenvalue weighted by atomic mass is 35.5. The van der Waals surface area contributed by atoms with E-state index in [0.29, 0.717) is 35.0 Å². The van der Waals surface area contributed by atoms with Crippen molar-refractivity contribution in [3.8, 4) is 0 Å². The summed E-state index contributed by atoms with van der Waals surface area (Å²) in [5, 5.41) is 3.56.